The Kier molecular flexibility index (Phi) is 7.02. The highest BCUT2D eigenvalue weighted by atomic mass is 35.5. The van der Waals surface area contributed by atoms with Gasteiger partial charge in [-0.2, -0.15) is 8.78 Å². The number of nitrogens with zero attached hydrogens (tertiary/aromatic N) is 1. The maximum absolute atomic E-state index is 14.3. The fourth-order valence-corrected chi connectivity index (χ4v) is 2.96. The van der Waals surface area contributed by atoms with Gasteiger partial charge in [-0.25, -0.2) is 18.0 Å². The molecule has 0 aliphatic rings. The first-order valence-electron chi connectivity index (χ1n) is 8.05. The van der Waals surface area contributed by atoms with Crippen LogP contribution in [0.3, 0.4) is 0 Å². The number of aromatic nitrogens is 1. The van der Waals surface area contributed by atoms with Crippen molar-refractivity contribution in [3.05, 3.63) is 53.0 Å². The minimum absolute atomic E-state index is 0.186. The predicted octanol–water partition coefficient (Wildman–Crippen LogP) is 4.84. The fraction of sp³-hybridized carbons (Fsp3) is 0.333. The van der Waals surface area contributed by atoms with Crippen LogP contribution < -0.4 is 0 Å². The van der Waals surface area contributed by atoms with Gasteiger partial charge in [-0.1, -0.05) is 28.9 Å². The van der Waals surface area contributed by atoms with E-state index in [1.54, 1.807) is 0 Å². The number of aliphatic hydroxyl groups excluding tert-OH is 1. The molecule has 2 atom stereocenters. The molecule has 0 fully saturated rings. The first kappa shape index (κ1) is 22.8. The minimum Gasteiger partial charge on any atom is -0.465 e. The van der Waals surface area contributed by atoms with Crippen LogP contribution in [0.25, 0.3) is 11.3 Å². The van der Waals surface area contributed by atoms with Crippen LogP contribution in [-0.4, -0.2) is 41.8 Å². The van der Waals surface area contributed by atoms with Crippen LogP contribution in [0.5, 0.6) is 0 Å². The number of esters is 1. The van der Waals surface area contributed by atoms with Gasteiger partial charge >= 0.3 is 18.3 Å². The van der Waals surface area contributed by atoms with Crippen molar-refractivity contribution in [3.8, 4) is 11.3 Å². The zero-order valence-corrected chi connectivity index (χ0v) is 15.6. The number of hydrogen-bond acceptors (Lipinski definition) is 5. The van der Waals surface area contributed by atoms with E-state index in [0.29, 0.717) is 0 Å². The second kappa shape index (κ2) is 8.91. The lowest BCUT2D eigenvalue weighted by Gasteiger charge is -2.27. The van der Waals surface area contributed by atoms with Crippen LogP contribution in [-0.2, 0) is 4.74 Å². The Hall–Kier alpha value is -2.46. The number of hydrogen-bond donors (Lipinski definition) is 1. The molecule has 0 saturated heterocycles. The molecule has 2 unspecified atom stereocenters. The van der Waals surface area contributed by atoms with E-state index in [4.69, 9.17) is 16.1 Å². The highest BCUT2D eigenvalue weighted by Gasteiger charge is 2.53. The van der Waals surface area contributed by atoms with Crippen LogP contribution in [0.2, 0.25) is 5.02 Å². The summed E-state index contributed by atoms with van der Waals surface area (Å²) in [6, 6.07) is 3.54. The van der Waals surface area contributed by atoms with Gasteiger partial charge in [0.05, 0.1) is 23.6 Å². The number of methoxy groups -OCH3 is 1. The molecule has 1 aromatic heterocycles. The third-order valence-corrected chi connectivity index (χ3v) is 4.45. The second-order valence-corrected chi connectivity index (χ2v) is 6.32. The third kappa shape index (κ3) is 4.27. The van der Waals surface area contributed by atoms with Crippen LogP contribution in [0.15, 0.2) is 35.4 Å². The molecule has 29 heavy (non-hydrogen) atoms. The number of carbonyl (C=O) groups is 1. The summed E-state index contributed by atoms with van der Waals surface area (Å²) in [5, 5.41) is 13.3. The molecular formula is C18H15ClF5NO4. The zero-order chi connectivity index (χ0) is 21.9. The molecule has 0 radical (unpaired) electrons. The molecule has 0 amide bonds. The van der Waals surface area contributed by atoms with E-state index in [9.17, 15) is 31.9 Å². The molecule has 2 rings (SSSR count). The molecule has 1 N–H and O–H groups in total. The summed E-state index contributed by atoms with van der Waals surface area (Å²) in [5.41, 5.74) is -1.51. The van der Waals surface area contributed by atoms with Crippen molar-refractivity contribution >= 4 is 17.6 Å². The van der Waals surface area contributed by atoms with E-state index in [2.05, 4.69) is 16.5 Å². The van der Waals surface area contributed by atoms with E-state index in [-0.39, 0.29) is 5.02 Å². The molecule has 5 nitrogen and oxygen atoms in total. The second-order valence-electron chi connectivity index (χ2n) is 5.91. The Morgan fingerprint density at radius 3 is 2.62 bits per heavy atom. The highest BCUT2D eigenvalue weighted by molar-refractivity contribution is 6.33. The van der Waals surface area contributed by atoms with E-state index >= 15 is 0 Å². The van der Waals surface area contributed by atoms with E-state index < -0.39 is 65.2 Å². The summed E-state index contributed by atoms with van der Waals surface area (Å²) in [4.78, 5) is 12.3. The first-order valence-corrected chi connectivity index (χ1v) is 8.42. The number of aliphatic hydroxyl groups is 1. The average molecular weight is 440 g/mol. The van der Waals surface area contributed by atoms with Gasteiger partial charge in [-0.3, -0.25) is 0 Å². The quantitative estimate of drug-likeness (QED) is 0.362. The standard InChI is InChI=1S/C18H15ClF5NO4/c1-3-5-8(15(26)18(23,24)17(21)22)14-12(16(27)28-2)13(25-29-14)11-9(19)6-4-7-10(11)20/h3-4,6-8,15,17,26H,1,5H2,2H3. The van der Waals surface area contributed by atoms with Gasteiger partial charge in [0.1, 0.15) is 23.2 Å². The number of ether oxygens (including phenoxy) is 1. The third-order valence-electron chi connectivity index (χ3n) is 4.13. The highest BCUT2D eigenvalue weighted by Crippen LogP contribution is 2.42. The summed E-state index contributed by atoms with van der Waals surface area (Å²) in [5.74, 6) is -9.50. The number of benzene rings is 1. The summed E-state index contributed by atoms with van der Waals surface area (Å²) in [6.45, 7) is 3.32. The Bertz CT molecular complexity index is 882. The molecule has 0 aliphatic carbocycles. The lowest BCUT2D eigenvalue weighted by atomic mass is 9.88. The summed E-state index contributed by atoms with van der Waals surface area (Å²) >= 11 is 5.95. The van der Waals surface area contributed by atoms with Crippen molar-refractivity contribution in [2.45, 2.75) is 30.8 Å². The lowest BCUT2D eigenvalue weighted by molar-refractivity contribution is -0.198. The van der Waals surface area contributed by atoms with Crippen molar-refractivity contribution in [2.24, 2.45) is 0 Å². The number of rotatable bonds is 8. The van der Waals surface area contributed by atoms with Crippen molar-refractivity contribution in [1.82, 2.24) is 5.16 Å². The first-order chi connectivity index (χ1) is 13.6. The molecule has 1 heterocycles. The van der Waals surface area contributed by atoms with Gasteiger partial charge in [-0.05, 0) is 18.6 Å². The Morgan fingerprint density at radius 1 is 1.45 bits per heavy atom. The van der Waals surface area contributed by atoms with Gasteiger partial charge in [0.2, 0.25) is 0 Å². The van der Waals surface area contributed by atoms with E-state index in [1.165, 1.54) is 12.1 Å². The number of alkyl halides is 4. The molecular weight excluding hydrogens is 425 g/mol. The summed E-state index contributed by atoms with van der Waals surface area (Å²) in [6.07, 6.45) is -6.61. The summed E-state index contributed by atoms with van der Waals surface area (Å²) < 4.78 is 76.8. The molecule has 0 spiro atoms. The maximum atomic E-state index is 14.3. The SMILES string of the molecule is C=CCC(c1onc(-c2c(F)cccc2Cl)c1C(=O)OC)C(O)C(F)(F)C(F)F. The molecule has 0 saturated carbocycles. The fourth-order valence-electron chi connectivity index (χ4n) is 2.71. The van der Waals surface area contributed by atoms with E-state index in [1.807, 2.05) is 0 Å². The van der Waals surface area contributed by atoms with Crippen molar-refractivity contribution in [1.29, 1.82) is 0 Å². The Morgan fingerprint density at radius 2 is 2.10 bits per heavy atom. The van der Waals surface area contributed by atoms with Crippen LogP contribution in [0.4, 0.5) is 22.0 Å². The summed E-state index contributed by atoms with van der Waals surface area (Å²) in [7, 11) is 0.943. The topological polar surface area (TPSA) is 72.6 Å². The molecule has 158 valence electrons. The van der Waals surface area contributed by atoms with Crippen LogP contribution >= 0.6 is 11.6 Å². The molecule has 0 aliphatic heterocycles. The van der Waals surface area contributed by atoms with Gasteiger partial charge in [0.25, 0.3) is 0 Å². The van der Waals surface area contributed by atoms with Crippen LogP contribution in [0.1, 0.15) is 28.5 Å². The Balaban J connectivity index is 2.72. The minimum atomic E-state index is -4.84. The molecule has 2 aromatic rings. The molecule has 1 aromatic carbocycles. The van der Waals surface area contributed by atoms with Gasteiger partial charge in [0.15, 0.2) is 5.76 Å². The van der Waals surface area contributed by atoms with Gasteiger partial charge in [0, 0.05) is 0 Å². The normalized spacial score (nSPS) is 14.0. The van der Waals surface area contributed by atoms with Gasteiger partial charge < -0.3 is 14.4 Å². The zero-order valence-electron chi connectivity index (χ0n) is 14.8. The average Bonchev–Trinajstić information content (AvgIpc) is 3.08. The van der Waals surface area contributed by atoms with Crippen LogP contribution in [0, 0.1) is 5.82 Å². The number of allylic oxidation sites excluding steroid dienone is 1. The monoisotopic (exact) mass is 439 g/mol. The van der Waals surface area contributed by atoms with Crippen molar-refractivity contribution in [2.75, 3.05) is 7.11 Å². The Labute approximate surface area is 166 Å². The molecule has 11 heteroatoms. The van der Waals surface area contributed by atoms with Crippen molar-refractivity contribution < 1.29 is 41.1 Å². The molecule has 0 bridgehead atoms. The maximum Gasteiger partial charge on any atom is 0.343 e. The van der Waals surface area contributed by atoms with E-state index in [0.717, 1.165) is 19.3 Å². The predicted molar refractivity (Wildman–Crippen MR) is 92.8 cm³/mol. The lowest BCUT2D eigenvalue weighted by Crippen LogP contribution is -2.44. The number of halogens is 6. The van der Waals surface area contributed by atoms with Crippen molar-refractivity contribution in [3.63, 3.8) is 0 Å². The smallest absolute Gasteiger partial charge is 0.343 e. The number of carbonyl (C=O) groups excluding carboxylic acids is 1. The largest absolute Gasteiger partial charge is 0.465 e. The van der Waals surface area contributed by atoms with Gasteiger partial charge in [-0.15, -0.1) is 6.58 Å².